The van der Waals surface area contributed by atoms with Gasteiger partial charge in [-0.15, -0.1) is 0 Å². The van der Waals surface area contributed by atoms with Crippen LogP contribution in [0.5, 0.6) is 0 Å². The molecule has 2 saturated heterocycles. The van der Waals surface area contributed by atoms with Crippen LogP contribution in [-0.4, -0.2) is 47.1 Å². The Hall–Kier alpha value is -2.84. The smallest absolute Gasteiger partial charge is 0.227 e. The maximum absolute atomic E-state index is 14.7. The van der Waals surface area contributed by atoms with E-state index in [9.17, 15) is 13.2 Å². The molecule has 9 heteroatoms. The van der Waals surface area contributed by atoms with Crippen LogP contribution in [0.4, 0.5) is 24.9 Å². The molecule has 5 rings (SSSR count). The fourth-order valence-corrected chi connectivity index (χ4v) is 5.38. The highest BCUT2D eigenvalue weighted by molar-refractivity contribution is 6.31. The van der Waals surface area contributed by atoms with E-state index in [0.717, 1.165) is 32.0 Å². The Kier molecular flexibility index (Phi) is 7.62. The van der Waals surface area contributed by atoms with Crippen LogP contribution in [0.3, 0.4) is 0 Å². The summed E-state index contributed by atoms with van der Waals surface area (Å²) in [6.45, 7) is 4.04. The molecule has 2 aliphatic heterocycles. The van der Waals surface area contributed by atoms with Gasteiger partial charge in [-0.25, -0.2) is 18.2 Å². The summed E-state index contributed by atoms with van der Waals surface area (Å²) >= 11 is 6.20. The quantitative estimate of drug-likeness (QED) is 0.418. The number of hydrogen-bond acceptors (Lipinski definition) is 5. The van der Waals surface area contributed by atoms with E-state index in [1.54, 1.807) is 12.3 Å². The van der Waals surface area contributed by atoms with Crippen molar-refractivity contribution in [3.8, 4) is 11.1 Å². The zero-order valence-corrected chi connectivity index (χ0v) is 20.7. The lowest BCUT2D eigenvalue weighted by Crippen LogP contribution is -2.47. The van der Waals surface area contributed by atoms with Crippen LogP contribution in [0.2, 0.25) is 5.02 Å². The van der Waals surface area contributed by atoms with Crippen LogP contribution in [0.25, 0.3) is 11.1 Å². The van der Waals surface area contributed by atoms with Gasteiger partial charge in [-0.3, -0.25) is 0 Å². The van der Waals surface area contributed by atoms with Gasteiger partial charge >= 0.3 is 0 Å². The summed E-state index contributed by atoms with van der Waals surface area (Å²) < 4.78 is 42.6. The molecule has 0 bridgehead atoms. The fourth-order valence-electron chi connectivity index (χ4n) is 5.15. The van der Waals surface area contributed by atoms with Gasteiger partial charge in [0, 0.05) is 59.7 Å². The first-order valence-electron chi connectivity index (χ1n) is 12.5. The van der Waals surface area contributed by atoms with E-state index in [2.05, 4.69) is 20.1 Å². The molecule has 190 valence electrons. The normalized spacial score (nSPS) is 17.4. The molecule has 1 aromatic heterocycles. The SMILES string of the molecule is Fc1ccc(-c2cnc(N3CCC(N4CCCCC4)CC3)nc2NCc2c(F)cccc2Cl)c(F)c1. The first-order valence-corrected chi connectivity index (χ1v) is 12.9. The molecular formula is C27H29ClF3N5. The topological polar surface area (TPSA) is 44.3 Å². The van der Waals surface area contributed by atoms with Crippen LogP contribution >= 0.6 is 11.6 Å². The first kappa shape index (κ1) is 24.8. The molecule has 0 unspecified atom stereocenters. The minimum absolute atomic E-state index is 0.0504. The minimum atomic E-state index is -0.722. The van der Waals surface area contributed by atoms with Crippen molar-refractivity contribution in [2.45, 2.75) is 44.7 Å². The Labute approximate surface area is 214 Å². The van der Waals surface area contributed by atoms with Gasteiger partial charge in [0.15, 0.2) is 0 Å². The standard InChI is InChI=1S/C27H29ClF3N5/c28-23-5-4-6-24(30)22(23)17-32-26-21(20-8-7-18(29)15-25(20)31)16-33-27(34-26)36-13-9-19(10-14-36)35-11-2-1-3-12-35/h4-8,15-16,19H,1-3,9-14,17H2,(H,32,33,34). The Morgan fingerprint density at radius 2 is 1.69 bits per heavy atom. The van der Waals surface area contributed by atoms with Crippen molar-refractivity contribution in [1.82, 2.24) is 14.9 Å². The van der Waals surface area contributed by atoms with E-state index in [1.165, 1.54) is 56.6 Å². The summed E-state index contributed by atoms with van der Waals surface area (Å²) in [6.07, 6.45) is 7.47. The second-order valence-corrected chi connectivity index (χ2v) is 9.83. The van der Waals surface area contributed by atoms with E-state index in [4.69, 9.17) is 16.6 Å². The molecule has 0 saturated carbocycles. The van der Waals surface area contributed by atoms with Gasteiger partial charge in [0.05, 0.1) is 0 Å². The Morgan fingerprint density at radius 3 is 2.42 bits per heavy atom. The number of rotatable bonds is 6. The van der Waals surface area contributed by atoms with E-state index in [1.807, 2.05) is 0 Å². The molecular weight excluding hydrogens is 487 g/mol. The zero-order valence-electron chi connectivity index (χ0n) is 20.0. The number of benzene rings is 2. The molecule has 0 spiro atoms. The van der Waals surface area contributed by atoms with Crippen LogP contribution in [-0.2, 0) is 6.54 Å². The lowest BCUT2D eigenvalue weighted by atomic mass is 10.00. The van der Waals surface area contributed by atoms with Crippen LogP contribution in [0.1, 0.15) is 37.7 Å². The minimum Gasteiger partial charge on any atom is -0.365 e. The van der Waals surface area contributed by atoms with Crippen molar-refractivity contribution in [3.63, 3.8) is 0 Å². The Balaban J connectivity index is 1.40. The predicted molar refractivity (Wildman–Crippen MR) is 137 cm³/mol. The number of aromatic nitrogens is 2. The summed E-state index contributed by atoms with van der Waals surface area (Å²) in [4.78, 5) is 14.0. The Morgan fingerprint density at radius 1 is 0.917 bits per heavy atom. The van der Waals surface area contributed by atoms with Crippen LogP contribution in [0.15, 0.2) is 42.6 Å². The second-order valence-electron chi connectivity index (χ2n) is 9.43. The predicted octanol–water partition coefficient (Wildman–Crippen LogP) is 6.28. The van der Waals surface area contributed by atoms with Gasteiger partial charge in [0.2, 0.25) is 5.95 Å². The highest BCUT2D eigenvalue weighted by atomic mass is 35.5. The molecule has 0 aliphatic carbocycles. The van der Waals surface area contributed by atoms with Crippen LogP contribution in [0, 0.1) is 17.5 Å². The highest BCUT2D eigenvalue weighted by Gasteiger charge is 2.27. The lowest BCUT2D eigenvalue weighted by Gasteiger charge is -2.40. The summed E-state index contributed by atoms with van der Waals surface area (Å²) in [7, 11) is 0. The summed E-state index contributed by atoms with van der Waals surface area (Å²) in [5.74, 6) is -0.972. The Bertz CT molecular complexity index is 1190. The monoisotopic (exact) mass is 515 g/mol. The highest BCUT2D eigenvalue weighted by Crippen LogP contribution is 2.32. The van der Waals surface area contributed by atoms with E-state index in [-0.39, 0.29) is 22.7 Å². The maximum atomic E-state index is 14.7. The van der Waals surface area contributed by atoms with Crippen molar-refractivity contribution < 1.29 is 13.2 Å². The number of hydrogen-bond donors (Lipinski definition) is 1. The van der Waals surface area contributed by atoms with Crippen LogP contribution < -0.4 is 10.2 Å². The fraction of sp³-hybridized carbons (Fsp3) is 0.407. The second kappa shape index (κ2) is 11.0. The van der Waals surface area contributed by atoms with Crippen molar-refractivity contribution in [1.29, 1.82) is 0 Å². The summed E-state index contributed by atoms with van der Waals surface area (Å²) in [5.41, 5.74) is 0.813. The van der Waals surface area contributed by atoms with E-state index < -0.39 is 17.5 Å². The maximum Gasteiger partial charge on any atom is 0.227 e. The van der Waals surface area contributed by atoms with E-state index >= 15 is 0 Å². The number of nitrogens with zero attached hydrogens (tertiary/aromatic N) is 4. The molecule has 0 atom stereocenters. The number of likely N-dealkylation sites (tertiary alicyclic amines) is 1. The van der Waals surface area contributed by atoms with Crippen molar-refractivity contribution in [2.24, 2.45) is 0 Å². The average molecular weight is 516 g/mol. The van der Waals surface area contributed by atoms with Gasteiger partial charge in [0.25, 0.3) is 0 Å². The summed E-state index contributed by atoms with van der Waals surface area (Å²) in [5, 5.41) is 3.40. The van der Waals surface area contributed by atoms with Gasteiger partial charge in [-0.2, -0.15) is 4.98 Å². The van der Waals surface area contributed by atoms with E-state index in [0.29, 0.717) is 23.4 Å². The third-order valence-corrected chi connectivity index (χ3v) is 7.50. The van der Waals surface area contributed by atoms with Gasteiger partial charge < -0.3 is 15.1 Å². The third-order valence-electron chi connectivity index (χ3n) is 7.15. The lowest BCUT2D eigenvalue weighted by molar-refractivity contribution is 0.141. The molecule has 3 aromatic rings. The molecule has 1 N–H and O–H groups in total. The van der Waals surface area contributed by atoms with Crippen molar-refractivity contribution >= 4 is 23.4 Å². The molecule has 2 aliphatic rings. The molecule has 5 nitrogen and oxygen atoms in total. The summed E-state index contributed by atoms with van der Waals surface area (Å²) in [6, 6.07) is 8.43. The van der Waals surface area contributed by atoms with Gasteiger partial charge in [-0.1, -0.05) is 24.1 Å². The number of anilines is 2. The van der Waals surface area contributed by atoms with Crippen molar-refractivity contribution in [2.75, 3.05) is 36.4 Å². The average Bonchev–Trinajstić information content (AvgIpc) is 2.89. The largest absolute Gasteiger partial charge is 0.365 e. The number of piperidine rings is 2. The third kappa shape index (κ3) is 5.44. The zero-order chi connectivity index (χ0) is 25.1. The van der Waals surface area contributed by atoms with Crippen molar-refractivity contribution in [3.05, 3.63) is 70.6 Å². The van der Waals surface area contributed by atoms with Gasteiger partial charge in [0.1, 0.15) is 23.3 Å². The molecule has 2 aromatic carbocycles. The van der Waals surface area contributed by atoms with Gasteiger partial charge in [-0.05, 0) is 63.0 Å². The first-order chi connectivity index (χ1) is 17.5. The molecule has 36 heavy (non-hydrogen) atoms. The number of nitrogens with one attached hydrogen (secondary N) is 1. The molecule has 0 radical (unpaired) electrons. The molecule has 3 heterocycles. The number of halogens is 4. The molecule has 0 amide bonds. The molecule has 2 fully saturated rings.